The highest BCUT2D eigenvalue weighted by molar-refractivity contribution is 6.02. The summed E-state index contributed by atoms with van der Waals surface area (Å²) in [5.74, 6) is -0.659. The van der Waals surface area contributed by atoms with E-state index in [0.29, 0.717) is 17.9 Å². The van der Waals surface area contributed by atoms with Crippen LogP contribution in [0.25, 0.3) is 0 Å². The van der Waals surface area contributed by atoms with Crippen LogP contribution >= 0.6 is 0 Å². The zero-order valence-electron chi connectivity index (χ0n) is 11.7. The largest absolute Gasteiger partial charge is 0.462 e. The number of esters is 1. The minimum Gasteiger partial charge on any atom is -0.462 e. The molecule has 0 saturated heterocycles. The summed E-state index contributed by atoms with van der Waals surface area (Å²) in [7, 11) is 3.06. The minimum absolute atomic E-state index is 0.0350. The third kappa shape index (κ3) is 3.79. The third-order valence-electron chi connectivity index (χ3n) is 2.65. The highest BCUT2D eigenvalue weighted by Gasteiger charge is 2.19. The average molecular weight is 265 g/mol. The Morgan fingerprint density at radius 2 is 2.00 bits per heavy atom. The van der Waals surface area contributed by atoms with Gasteiger partial charge in [0.1, 0.15) is 6.61 Å². The lowest BCUT2D eigenvalue weighted by atomic mass is 10.1. The van der Waals surface area contributed by atoms with Crippen molar-refractivity contribution in [2.45, 2.75) is 13.8 Å². The van der Waals surface area contributed by atoms with E-state index >= 15 is 0 Å². The molecule has 1 aromatic carbocycles. The van der Waals surface area contributed by atoms with Gasteiger partial charge in [0, 0.05) is 14.2 Å². The van der Waals surface area contributed by atoms with Gasteiger partial charge in [0.05, 0.1) is 17.9 Å². The number of rotatable bonds is 5. The van der Waals surface area contributed by atoms with E-state index in [1.165, 1.54) is 12.0 Å². The zero-order chi connectivity index (χ0) is 14.4. The van der Waals surface area contributed by atoms with Crippen molar-refractivity contribution in [1.29, 1.82) is 0 Å². The number of carbonyl (C=O) groups excluding carboxylic acids is 2. The molecule has 104 valence electrons. The van der Waals surface area contributed by atoms with Crippen LogP contribution in [-0.2, 0) is 14.3 Å². The lowest BCUT2D eigenvalue weighted by molar-refractivity contribution is -0.121. The number of likely N-dealkylation sites (N-methyl/N-ethyl adjacent to an activating group) is 1. The van der Waals surface area contributed by atoms with Crippen LogP contribution in [0.15, 0.2) is 18.2 Å². The first-order valence-electron chi connectivity index (χ1n) is 6.04. The van der Waals surface area contributed by atoms with Crippen LogP contribution in [0, 0.1) is 6.92 Å². The fourth-order valence-corrected chi connectivity index (χ4v) is 1.66. The van der Waals surface area contributed by atoms with E-state index in [4.69, 9.17) is 9.47 Å². The SMILES string of the molecule is CCOC(=O)c1ccc(C)cc1N(C)C(=O)COC. The lowest BCUT2D eigenvalue weighted by Crippen LogP contribution is -2.31. The van der Waals surface area contributed by atoms with Gasteiger partial charge in [0.15, 0.2) is 0 Å². The Bertz CT molecular complexity index is 471. The van der Waals surface area contributed by atoms with E-state index in [1.54, 1.807) is 26.1 Å². The van der Waals surface area contributed by atoms with Gasteiger partial charge in [0.25, 0.3) is 5.91 Å². The molecule has 5 nitrogen and oxygen atoms in total. The number of ether oxygens (including phenoxy) is 2. The van der Waals surface area contributed by atoms with Gasteiger partial charge < -0.3 is 14.4 Å². The summed E-state index contributed by atoms with van der Waals surface area (Å²) in [5, 5.41) is 0. The number of methoxy groups -OCH3 is 1. The molecule has 1 rings (SSSR count). The maximum Gasteiger partial charge on any atom is 0.340 e. The summed E-state index contributed by atoms with van der Waals surface area (Å²) in [6, 6.07) is 5.25. The van der Waals surface area contributed by atoms with E-state index < -0.39 is 5.97 Å². The topological polar surface area (TPSA) is 55.8 Å². The summed E-state index contributed by atoms with van der Waals surface area (Å²) in [6.07, 6.45) is 0. The quantitative estimate of drug-likeness (QED) is 0.761. The van der Waals surface area contributed by atoms with Crippen LogP contribution in [-0.4, -0.2) is 39.2 Å². The Kier molecular flexibility index (Phi) is 5.51. The van der Waals surface area contributed by atoms with E-state index in [1.807, 2.05) is 13.0 Å². The van der Waals surface area contributed by atoms with Crippen molar-refractivity contribution >= 4 is 17.6 Å². The molecule has 0 bridgehead atoms. The summed E-state index contributed by atoms with van der Waals surface area (Å²) in [4.78, 5) is 25.1. The second-order valence-corrected chi connectivity index (χ2v) is 4.13. The van der Waals surface area contributed by atoms with Crippen molar-refractivity contribution < 1.29 is 19.1 Å². The van der Waals surface area contributed by atoms with E-state index in [0.717, 1.165) is 5.56 Å². The molecule has 5 heteroatoms. The molecule has 0 N–H and O–H groups in total. The lowest BCUT2D eigenvalue weighted by Gasteiger charge is -2.20. The second-order valence-electron chi connectivity index (χ2n) is 4.13. The van der Waals surface area contributed by atoms with Crippen molar-refractivity contribution in [2.24, 2.45) is 0 Å². The third-order valence-corrected chi connectivity index (χ3v) is 2.65. The van der Waals surface area contributed by atoms with Crippen LogP contribution in [0.3, 0.4) is 0 Å². The van der Waals surface area contributed by atoms with Crippen molar-refractivity contribution in [2.75, 3.05) is 32.3 Å². The van der Waals surface area contributed by atoms with Gasteiger partial charge in [-0.15, -0.1) is 0 Å². The highest BCUT2D eigenvalue weighted by atomic mass is 16.5. The maximum atomic E-state index is 11.9. The number of amides is 1. The summed E-state index contributed by atoms with van der Waals surface area (Å²) in [6.45, 7) is 3.90. The zero-order valence-corrected chi connectivity index (χ0v) is 11.7. The van der Waals surface area contributed by atoms with Gasteiger partial charge in [-0.05, 0) is 31.5 Å². The number of hydrogen-bond donors (Lipinski definition) is 0. The molecule has 0 saturated carbocycles. The molecular formula is C14H19NO4. The van der Waals surface area contributed by atoms with Crippen LogP contribution in [0.5, 0.6) is 0 Å². The van der Waals surface area contributed by atoms with Crippen molar-refractivity contribution in [3.63, 3.8) is 0 Å². The number of carbonyl (C=O) groups is 2. The van der Waals surface area contributed by atoms with Gasteiger partial charge in [-0.2, -0.15) is 0 Å². The smallest absolute Gasteiger partial charge is 0.340 e. The number of nitrogens with zero attached hydrogens (tertiary/aromatic N) is 1. The van der Waals surface area contributed by atoms with E-state index in [-0.39, 0.29) is 12.5 Å². The number of hydrogen-bond acceptors (Lipinski definition) is 4. The highest BCUT2D eigenvalue weighted by Crippen LogP contribution is 2.22. The normalized spacial score (nSPS) is 10.1. The maximum absolute atomic E-state index is 11.9. The molecule has 1 aromatic rings. The molecule has 1 amide bonds. The van der Waals surface area contributed by atoms with E-state index in [9.17, 15) is 9.59 Å². The number of aryl methyl sites for hydroxylation is 1. The number of anilines is 1. The fourth-order valence-electron chi connectivity index (χ4n) is 1.66. The Balaban J connectivity index is 3.13. The Labute approximate surface area is 113 Å². The molecule has 19 heavy (non-hydrogen) atoms. The molecule has 0 aromatic heterocycles. The summed E-state index contributed by atoms with van der Waals surface area (Å²) in [5.41, 5.74) is 1.86. The molecule has 0 atom stereocenters. The predicted octanol–water partition coefficient (Wildman–Crippen LogP) is 1.78. The second kappa shape index (κ2) is 6.89. The van der Waals surface area contributed by atoms with Crippen LogP contribution in [0.1, 0.15) is 22.8 Å². The molecule has 0 fully saturated rings. The molecule has 0 spiro atoms. The first-order chi connectivity index (χ1) is 9.01. The van der Waals surface area contributed by atoms with Gasteiger partial charge in [-0.1, -0.05) is 6.07 Å². The predicted molar refractivity (Wildman–Crippen MR) is 72.4 cm³/mol. The van der Waals surface area contributed by atoms with Crippen molar-refractivity contribution in [3.05, 3.63) is 29.3 Å². The van der Waals surface area contributed by atoms with Crippen LogP contribution < -0.4 is 4.90 Å². The van der Waals surface area contributed by atoms with Gasteiger partial charge in [-0.25, -0.2) is 4.79 Å². The van der Waals surface area contributed by atoms with E-state index in [2.05, 4.69) is 0 Å². The Morgan fingerprint density at radius 3 is 2.58 bits per heavy atom. The first kappa shape index (κ1) is 15.2. The minimum atomic E-state index is -0.436. The Hall–Kier alpha value is -1.88. The number of benzene rings is 1. The molecular weight excluding hydrogens is 246 g/mol. The van der Waals surface area contributed by atoms with Crippen LogP contribution in [0.2, 0.25) is 0 Å². The monoisotopic (exact) mass is 265 g/mol. The summed E-state index contributed by atoms with van der Waals surface area (Å²) >= 11 is 0. The molecule has 0 heterocycles. The molecule has 0 radical (unpaired) electrons. The molecule has 0 aliphatic rings. The first-order valence-corrected chi connectivity index (χ1v) is 6.04. The van der Waals surface area contributed by atoms with Crippen molar-refractivity contribution in [3.8, 4) is 0 Å². The van der Waals surface area contributed by atoms with Crippen molar-refractivity contribution in [1.82, 2.24) is 0 Å². The Morgan fingerprint density at radius 1 is 1.32 bits per heavy atom. The summed E-state index contributed by atoms with van der Waals surface area (Å²) < 4.78 is 9.81. The molecule has 0 aliphatic carbocycles. The fraction of sp³-hybridized carbons (Fsp3) is 0.429. The van der Waals surface area contributed by atoms with Gasteiger partial charge in [0.2, 0.25) is 0 Å². The molecule has 0 unspecified atom stereocenters. The molecule has 0 aliphatic heterocycles. The van der Waals surface area contributed by atoms with Crippen LogP contribution in [0.4, 0.5) is 5.69 Å². The average Bonchev–Trinajstić information content (AvgIpc) is 2.38. The standard InChI is InChI=1S/C14H19NO4/c1-5-19-14(17)11-7-6-10(2)8-12(11)15(3)13(16)9-18-4/h6-8H,5,9H2,1-4H3. The van der Waals surface area contributed by atoms with Gasteiger partial charge >= 0.3 is 5.97 Å². The van der Waals surface area contributed by atoms with Gasteiger partial charge in [-0.3, -0.25) is 4.79 Å².